The number of halogens is 6. The lowest BCUT2D eigenvalue weighted by Crippen LogP contribution is -2.30. The molecule has 3 nitrogen and oxygen atoms in total. The highest BCUT2D eigenvalue weighted by Gasteiger charge is 2.37. The van der Waals surface area contributed by atoms with Crippen LogP contribution in [-0.4, -0.2) is 12.6 Å². The molecule has 2 amide bonds. The van der Waals surface area contributed by atoms with Crippen molar-refractivity contribution in [2.75, 3.05) is 11.9 Å². The second kappa shape index (κ2) is 8.12. The fourth-order valence-electron chi connectivity index (χ4n) is 2.64. The summed E-state index contributed by atoms with van der Waals surface area (Å²) in [6.45, 7) is 4.01. The minimum absolute atomic E-state index is 0.00323. The van der Waals surface area contributed by atoms with E-state index in [1.54, 1.807) is 0 Å². The van der Waals surface area contributed by atoms with Gasteiger partial charge in [-0.3, -0.25) is 0 Å². The van der Waals surface area contributed by atoms with Crippen LogP contribution < -0.4 is 10.6 Å². The lowest BCUT2D eigenvalue weighted by atomic mass is 10.0. The molecule has 0 saturated carbocycles. The largest absolute Gasteiger partial charge is 0.416 e. The molecular weight excluding hydrogens is 386 g/mol. The predicted octanol–water partition coefficient (Wildman–Crippen LogP) is 5.71. The number of aryl methyl sites for hydroxylation is 2. The molecule has 2 aromatic carbocycles. The number of alkyl halides is 6. The quantitative estimate of drug-likeness (QED) is 0.630. The standard InChI is InChI=1S/C19H18F6N2O/c1-11-3-4-13(12(2)7-11)5-6-26-17(28)27-16-9-14(18(20,21)22)8-15(10-16)19(23,24)25/h3-4,7-10H,5-6H2,1-2H3,(H2,26,27,28). The van der Waals surface area contributed by atoms with Gasteiger partial charge in [-0.05, 0) is 49.6 Å². The first-order valence-corrected chi connectivity index (χ1v) is 8.27. The first kappa shape index (κ1) is 21.6. The summed E-state index contributed by atoms with van der Waals surface area (Å²) < 4.78 is 77.0. The predicted molar refractivity (Wildman–Crippen MR) is 93.1 cm³/mol. The van der Waals surface area contributed by atoms with Crippen molar-refractivity contribution in [3.63, 3.8) is 0 Å². The summed E-state index contributed by atoms with van der Waals surface area (Å²) in [6.07, 6.45) is -9.48. The lowest BCUT2D eigenvalue weighted by molar-refractivity contribution is -0.143. The molecule has 0 unspecified atom stereocenters. The maximum Gasteiger partial charge on any atom is 0.416 e. The number of carbonyl (C=O) groups is 1. The van der Waals surface area contributed by atoms with Crippen molar-refractivity contribution in [3.8, 4) is 0 Å². The van der Waals surface area contributed by atoms with Crippen LogP contribution in [0.25, 0.3) is 0 Å². The molecule has 0 aliphatic carbocycles. The highest BCUT2D eigenvalue weighted by atomic mass is 19.4. The van der Waals surface area contributed by atoms with Crippen LogP contribution in [0.4, 0.5) is 36.8 Å². The van der Waals surface area contributed by atoms with E-state index in [2.05, 4.69) is 5.32 Å². The Morgan fingerprint density at radius 1 is 0.893 bits per heavy atom. The van der Waals surface area contributed by atoms with Gasteiger partial charge >= 0.3 is 18.4 Å². The Bertz CT molecular complexity index is 826. The Hall–Kier alpha value is -2.71. The van der Waals surface area contributed by atoms with Gasteiger partial charge in [-0.1, -0.05) is 23.8 Å². The average molecular weight is 404 g/mol. The Kier molecular flexibility index (Phi) is 6.26. The SMILES string of the molecule is Cc1ccc(CCNC(=O)Nc2cc(C(F)(F)F)cc(C(F)(F)F)c2)c(C)c1. The van der Waals surface area contributed by atoms with E-state index in [9.17, 15) is 31.1 Å². The molecule has 0 atom stereocenters. The second-order valence-corrected chi connectivity index (χ2v) is 6.36. The van der Waals surface area contributed by atoms with Gasteiger partial charge in [0.25, 0.3) is 0 Å². The van der Waals surface area contributed by atoms with E-state index in [0.717, 1.165) is 16.7 Å². The van der Waals surface area contributed by atoms with Crippen LogP contribution in [0.15, 0.2) is 36.4 Å². The van der Waals surface area contributed by atoms with E-state index >= 15 is 0 Å². The van der Waals surface area contributed by atoms with Gasteiger partial charge in [0.05, 0.1) is 11.1 Å². The molecule has 0 spiro atoms. The van der Waals surface area contributed by atoms with Gasteiger partial charge < -0.3 is 10.6 Å². The minimum Gasteiger partial charge on any atom is -0.338 e. The van der Waals surface area contributed by atoms with Gasteiger partial charge in [-0.15, -0.1) is 0 Å². The van der Waals surface area contributed by atoms with Crippen molar-refractivity contribution >= 4 is 11.7 Å². The van der Waals surface area contributed by atoms with Crippen LogP contribution >= 0.6 is 0 Å². The van der Waals surface area contributed by atoms with Gasteiger partial charge in [-0.2, -0.15) is 26.3 Å². The smallest absolute Gasteiger partial charge is 0.338 e. The zero-order valence-electron chi connectivity index (χ0n) is 15.1. The third-order valence-electron chi connectivity index (χ3n) is 4.02. The molecule has 28 heavy (non-hydrogen) atoms. The van der Waals surface area contributed by atoms with Crippen LogP contribution in [0.5, 0.6) is 0 Å². The Labute approximate surface area is 157 Å². The molecule has 0 heterocycles. The molecule has 2 aromatic rings. The molecule has 0 aliphatic rings. The van der Waals surface area contributed by atoms with Gasteiger partial charge in [0, 0.05) is 12.2 Å². The molecule has 0 fully saturated rings. The number of nitrogens with one attached hydrogen (secondary N) is 2. The number of anilines is 1. The number of carbonyl (C=O) groups excluding carboxylic acids is 1. The van der Waals surface area contributed by atoms with Crippen molar-refractivity contribution in [2.45, 2.75) is 32.6 Å². The average Bonchev–Trinajstić information content (AvgIpc) is 2.55. The van der Waals surface area contributed by atoms with E-state index in [0.29, 0.717) is 18.6 Å². The van der Waals surface area contributed by atoms with Crippen LogP contribution in [0.3, 0.4) is 0 Å². The van der Waals surface area contributed by atoms with E-state index in [4.69, 9.17) is 0 Å². The van der Waals surface area contributed by atoms with E-state index < -0.39 is 35.2 Å². The Morgan fingerprint density at radius 3 is 1.96 bits per heavy atom. The topological polar surface area (TPSA) is 41.1 Å². The first-order valence-electron chi connectivity index (χ1n) is 8.27. The summed E-state index contributed by atoms with van der Waals surface area (Å²) in [5.74, 6) is 0. The van der Waals surface area contributed by atoms with Crippen LogP contribution in [0, 0.1) is 13.8 Å². The molecule has 152 valence electrons. The zero-order chi connectivity index (χ0) is 21.1. The van der Waals surface area contributed by atoms with Gasteiger partial charge in [0.15, 0.2) is 0 Å². The third-order valence-corrected chi connectivity index (χ3v) is 4.02. The molecule has 2 N–H and O–H groups in total. The number of amides is 2. The van der Waals surface area contributed by atoms with Crippen molar-refractivity contribution in [1.29, 1.82) is 0 Å². The summed E-state index contributed by atoms with van der Waals surface area (Å²) in [4.78, 5) is 11.9. The summed E-state index contributed by atoms with van der Waals surface area (Å²) in [6, 6.07) is 5.80. The summed E-state index contributed by atoms with van der Waals surface area (Å²) in [5, 5.41) is 4.45. The minimum atomic E-state index is -4.98. The van der Waals surface area contributed by atoms with Crippen molar-refractivity contribution < 1.29 is 31.1 Å². The molecule has 0 radical (unpaired) electrons. The fraction of sp³-hybridized carbons (Fsp3) is 0.316. The van der Waals surface area contributed by atoms with Crippen LogP contribution in [0.2, 0.25) is 0 Å². The van der Waals surface area contributed by atoms with Gasteiger partial charge in [0.1, 0.15) is 0 Å². The molecule has 0 aromatic heterocycles. The highest BCUT2D eigenvalue weighted by Crippen LogP contribution is 2.37. The molecule has 0 aliphatic heterocycles. The summed E-state index contributed by atoms with van der Waals surface area (Å²) in [7, 11) is 0. The van der Waals surface area contributed by atoms with Crippen LogP contribution in [0.1, 0.15) is 27.8 Å². The lowest BCUT2D eigenvalue weighted by Gasteiger charge is -2.15. The number of hydrogen-bond acceptors (Lipinski definition) is 1. The maximum absolute atomic E-state index is 12.8. The zero-order valence-corrected chi connectivity index (χ0v) is 15.1. The third kappa shape index (κ3) is 5.90. The first-order chi connectivity index (χ1) is 12.9. The van der Waals surface area contributed by atoms with E-state index in [1.165, 1.54) is 0 Å². The van der Waals surface area contributed by atoms with Crippen molar-refractivity contribution in [3.05, 3.63) is 64.2 Å². The Balaban J connectivity index is 2.06. The maximum atomic E-state index is 12.8. The van der Waals surface area contributed by atoms with E-state index in [-0.39, 0.29) is 12.6 Å². The summed E-state index contributed by atoms with van der Waals surface area (Å²) >= 11 is 0. The molecule has 2 rings (SSSR count). The highest BCUT2D eigenvalue weighted by molar-refractivity contribution is 5.89. The van der Waals surface area contributed by atoms with Gasteiger partial charge in [-0.25, -0.2) is 4.79 Å². The number of hydrogen-bond donors (Lipinski definition) is 2. The summed E-state index contributed by atoms with van der Waals surface area (Å²) in [5.41, 5.74) is -0.497. The number of benzene rings is 2. The van der Waals surface area contributed by atoms with Crippen molar-refractivity contribution in [1.82, 2.24) is 5.32 Å². The van der Waals surface area contributed by atoms with Gasteiger partial charge in [0.2, 0.25) is 0 Å². The van der Waals surface area contributed by atoms with E-state index in [1.807, 2.05) is 37.4 Å². The second-order valence-electron chi connectivity index (χ2n) is 6.36. The number of urea groups is 1. The monoisotopic (exact) mass is 404 g/mol. The number of rotatable bonds is 4. The Morgan fingerprint density at radius 2 is 1.46 bits per heavy atom. The normalized spacial score (nSPS) is 12.0. The molecule has 9 heteroatoms. The molecular formula is C19H18F6N2O. The fourth-order valence-corrected chi connectivity index (χ4v) is 2.64. The van der Waals surface area contributed by atoms with Crippen LogP contribution in [-0.2, 0) is 18.8 Å². The molecule has 0 bridgehead atoms. The molecule has 0 saturated heterocycles. The van der Waals surface area contributed by atoms with Crippen molar-refractivity contribution in [2.24, 2.45) is 0 Å².